The molecule has 1 amide bonds. The highest BCUT2D eigenvalue weighted by atomic mass is 19.1. The largest absolute Gasteiger partial charge is 0.469 e. The van der Waals surface area contributed by atoms with Crippen molar-refractivity contribution in [3.8, 4) is 0 Å². The van der Waals surface area contributed by atoms with Crippen LogP contribution in [0.4, 0.5) is 10.1 Å². The molecule has 1 aromatic carbocycles. The molecule has 1 atom stereocenters. The minimum atomic E-state index is -0.389. The van der Waals surface area contributed by atoms with E-state index in [2.05, 4.69) is 5.32 Å². The first-order valence-corrected chi connectivity index (χ1v) is 7.45. The van der Waals surface area contributed by atoms with Gasteiger partial charge in [0, 0.05) is 11.7 Å². The number of anilines is 1. The maximum atomic E-state index is 13.1. The highest BCUT2D eigenvalue weighted by molar-refractivity contribution is 5.92. The highest BCUT2D eigenvalue weighted by Gasteiger charge is 2.26. The van der Waals surface area contributed by atoms with Gasteiger partial charge in [-0.15, -0.1) is 0 Å². The third-order valence-corrected chi connectivity index (χ3v) is 3.83. The number of likely N-dealkylation sites (tertiary alicyclic amines) is 1. The van der Waals surface area contributed by atoms with Crippen LogP contribution in [0, 0.1) is 5.82 Å². The molecule has 0 aromatic heterocycles. The van der Waals surface area contributed by atoms with Crippen molar-refractivity contribution in [3.63, 3.8) is 0 Å². The average molecular weight is 308 g/mol. The average Bonchev–Trinajstić information content (AvgIpc) is 2.49. The number of rotatable bonds is 5. The molecule has 1 saturated heterocycles. The zero-order chi connectivity index (χ0) is 15.9. The topological polar surface area (TPSA) is 58.6 Å². The summed E-state index contributed by atoms with van der Waals surface area (Å²) in [7, 11) is 1.37. The van der Waals surface area contributed by atoms with Crippen molar-refractivity contribution in [2.24, 2.45) is 0 Å². The molecule has 1 unspecified atom stereocenters. The van der Waals surface area contributed by atoms with Crippen molar-refractivity contribution in [3.05, 3.63) is 30.1 Å². The Morgan fingerprint density at radius 2 is 2.23 bits per heavy atom. The number of piperidine rings is 1. The Bertz CT molecular complexity index is 536. The molecule has 1 aliphatic rings. The molecule has 1 heterocycles. The summed E-state index contributed by atoms with van der Waals surface area (Å²) in [4.78, 5) is 25.5. The van der Waals surface area contributed by atoms with Crippen LogP contribution in [0.25, 0.3) is 0 Å². The first-order chi connectivity index (χ1) is 10.6. The van der Waals surface area contributed by atoms with Crippen LogP contribution in [0.1, 0.15) is 25.7 Å². The standard InChI is InChI=1S/C16H21FN2O3/c1-22-16(21)10-14-7-2-3-8-19(14)11-15(20)18-13-6-4-5-12(17)9-13/h4-6,9,14H,2-3,7-8,10-11H2,1H3,(H,18,20). The molecule has 22 heavy (non-hydrogen) atoms. The molecule has 1 aromatic rings. The number of ether oxygens (including phenoxy) is 1. The normalized spacial score (nSPS) is 18.7. The summed E-state index contributed by atoms with van der Waals surface area (Å²) in [5.74, 6) is -0.857. The fourth-order valence-corrected chi connectivity index (χ4v) is 2.73. The van der Waals surface area contributed by atoms with Crippen LogP contribution in [-0.2, 0) is 14.3 Å². The Morgan fingerprint density at radius 1 is 1.41 bits per heavy atom. The third-order valence-electron chi connectivity index (χ3n) is 3.83. The van der Waals surface area contributed by atoms with Gasteiger partial charge in [0.05, 0.1) is 20.1 Å². The second-order valence-corrected chi connectivity index (χ2v) is 5.46. The van der Waals surface area contributed by atoms with Gasteiger partial charge in [0.15, 0.2) is 0 Å². The van der Waals surface area contributed by atoms with Gasteiger partial charge < -0.3 is 10.1 Å². The molecule has 0 aliphatic carbocycles. The van der Waals surface area contributed by atoms with Crippen LogP contribution in [0.15, 0.2) is 24.3 Å². The SMILES string of the molecule is COC(=O)CC1CCCCN1CC(=O)Nc1cccc(F)c1. The van der Waals surface area contributed by atoms with E-state index in [1.165, 1.54) is 19.2 Å². The lowest BCUT2D eigenvalue weighted by Gasteiger charge is -2.34. The maximum Gasteiger partial charge on any atom is 0.307 e. The zero-order valence-corrected chi connectivity index (χ0v) is 12.7. The lowest BCUT2D eigenvalue weighted by atomic mass is 9.99. The van der Waals surface area contributed by atoms with Gasteiger partial charge in [0.1, 0.15) is 5.82 Å². The Morgan fingerprint density at radius 3 is 2.95 bits per heavy atom. The fraction of sp³-hybridized carbons (Fsp3) is 0.500. The van der Waals surface area contributed by atoms with E-state index in [1.54, 1.807) is 12.1 Å². The maximum absolute atomic E-state index is 13.1. The van der Waals surface area contributed by atoms with E-state index in [-0.39, 0.29) is 30.3 Å². The Hall–Kier alpha value is -1.95. The van der Waals surface area contributed by atoms with E-state index in [0.717, 1.165) is 25.8 Å². The summed E-state index contributed by atoms with van der Waals surface area (Å²) in [6.45, 7) is 0.969. The molecule has 2 rings (SSSR count). The zero-order valence-electron chi connectivity index (χ0n) is 12.7. The minimum absolute atomic E-state index is 0.0273. The molecule has 6 heteroatoms. The van der Waals surface area contributed by atoms with E-state index >= 15 is 0 Å². The molecule has 0 spiro atoms. The molecular formula is C16H21FN2O3. The number of esters is 1. The van der Waals surface area contributed by atoms with Gasteiger partial charge in [0.2, 0.25) is 5.91 Å². The summed E-state index contributed by atoms with van der Waals surface area (Å²) in [5, 5.41) is 2.68. The van der Waals surface area contributed by atoms with Gasteiger partial charge in [-0.1, -0.05) is 12.5 Å². The van der Waals surface area contributed by atoms with Crippen molar-refractivity contribution in [2.45, 2.75) is 31.7 Å². The number of hydrogen-bond acceptors (Lipinski definition) is 4. The number of hydrogen-bond donors (Lipinski definition) is 1. The Balaban J connectivity index is 1.91. The van der Waals surface area contributed by atoms with Crippen LogP contribution in [-0.4, -0.2) is 43.0 Å². The van der Waals surface area contributed by atoms with Crippen molar-refractivity contribution in [1.82, 2.24) is 4.90 Å². The van der Waals surface area contributed by atoms with Crippen LogP contribution >= 0.6 is 0 Å². The smallest absolute Gasteiger partial charge is 0.307 e. The van der Waals surface area contributed by atoms with Crippen molar-refractivity contribution in [1.29, 1.82) is 0 Å². The van der Waals surface area contributed by atoms with Crippen molar-refractivity contribution >= 4 is 17.6 Å². The Kier molecular flexibility index (Phi) is 5.89. The molecule has 5 nitrogen and oxygen atoms in total. The highest BCUT2D eigenvalue weighted by Crippen LogP contribution is 2.20. The number of carbonyl (C=O) groups excluding carboxylic acids is 2. The van der Waals surface area contributed by atoms with Crippen LogP contribution in [0.2, 0.25) is 0 Å². The number of halogens is 1. The van der Waals surface area contributed by atoms with E-state index < -0.39 is 0 Å². The number of carbonyl (C=O) groups is 2. The fourth-order valence-electron chi connectivity index (χ4n) is 2.73. The van der Waals surface area contributed by atoms with Gasteiger partial charge in [-0.2, -0.15) is 0 Å². The number of amides is 1. The van der Waals surface area contributed by atoms with Gasteiger partial charge in [-0.25, -0.2) is 4.39 Å². The summed E-state index contributed by atoms with van der Waals surface area (Å²) >= 11 is 0. The van der Waals surface area contributed by atoms with Crippen molar-refractivity contribution < 1.29 is 18.7 Å². The molecule has 1 fully saturated rings. The molecule has 0 radical (unpaired) electrons. The number of benzene rings is 1. The van der Waals surface area contributed by atoms with Crippen LogP contribution < -0.4 is 5.32 Å². The first-order valence-electron chi connectivity index (χ1n) is 7.45. The summed E-state index contributed by atoms with van der Waals surface area (Å²) in [6.07, 6.45) is 3.22. The molecule has 0 bridgehead atoms. The molecular weight excluding hydrogens is 287 g/mol. The van der Waals surface area contributed by atoms with Gasteiger partial charge in [0.25, 0.3) is 0 Å². The number of nitrogens with one attached hydrogen (secondary N) is 1. The van der Waals surface area contributed by atoms with Gasteiger partial charge in [-0.05, 0) is 37.6 Å². The molecule has 120 valence electrons. The second kappa shape index (κ2) is 7.89. The minimum Gasteiger partial charge on any atom is -0.469 e. The molecule has 0 saturated carbocycles. The Labute approximate surface area is 129 Å². The predicted molar refractivity (Wildman–Crippen MR) is 80.9 cm³/mol. The monoisotopic (exact) mass is 308 g/mol. The predicted octanol–water partition coefficient (Wildman–Crippen LogP) is 2.18. The van der Waals surface area contributed by atoms with Crippen LogP contribution in [0.5, 0.6) is 0 Å². The third kappa shape index (κ3) is 4.80. The quantitative estimate of drug-likeness (QED) is 0.847. The molecule has 1 N–H and O–H groups in total. The summed E-state index contributed by atoms with van der Waals surface area (Å²) < 4.78 is 17.8. The summed E-state index contributed by atoms with van der Waals surface area (Å²) in [5.41, 5.74) is 0.437. The number of nitrogens with zero attached hydrogens (tertiary/aromatic N) is 1. The summed E-state index contributed by atoms with van der Waals surface area (Å²) in [6, 6.07) is 5.82. The van der Waals surface area contributed by atoms with Crippen LogP contribution in [0.3, 0.4) is 0 Å². The number of methoxy groups -OCH3 is 1. The molecule has 1 aliphatic heterocycles. The van der Waals surface area contributed by atoms with Gasteiger partial charge in [-0.3, -0.25) is 14.5 Å². The van der Waals surface area contributed by atoms with Gasteiger partial charge >= 0.3 is 5.97 Å². The van der Waals surface area contributed by atoms with Crippen molar-refractivity contribution in [2.75, 3.05) is 25.5 Å². The lowest BCUT2D eigenvalue weighted by Crippen LogP contribution is -2.45. The van der Waals surface area contributed by atoms with E-state index in [4.69, 9.17) is 4.74 Å². The second-order valence-electron chi connectivity index (χ2n) is 5.46. The van der Waals surface area contributed by atoms with E-state index in [9.17, 15) is 14.0 Å². The van der Waals surface area contributed by atoms with E-state index in [0.29, 0.717) is 12.1 Å². The first kappa shape index (κ1) is 16.4. The lowest BCUT2D eigenvalue weighted by molar-refractivity contribution is -0.142. The van der Waals surface area contributed by atoms with E-state index in [1.807, 2.05) is 4.90 Å².